The van der Waals surface area contributed by atoms with Crippen molar-refractivity contribution in [2.75, 3.05) is 5.32 Å². The summed E-state index contributed by atoms with van der Waals surface area (Å²) in [4.78, 5) is 24.0. The summed E-state index contributed by atoms with van der Waals surface area (Å²) in [5.74, 6) is -0.687. The molecule has 3 N–H and O–H groups in total. The first kappa shape index (κ1) is 18.1. The Morgan fingerprint density at radius 1 is 1.08 bits per heavy atom. The van der Waals surface area contributed by atoms with E-state index in [-0.39, 0.29) is 5.91 Å². The number of rotatable bonds is 6. The van der Waals surface area contributed by atoms with Crippen molar-refractivity contribution in [3.8, 4) is 0 Å². The van der Waals surface area contributed by atoms with Crippen LogP contribution in [0, 0.1) is 6.92 Å². The van der Waals surface area contributed by atoms with Crippen LogP contribution >= 0.6 is 23.1 Å². The fourth-order valence-corrected chi connectivity index (χ4v) is 4.26. The lowest BCUT2D eigenvalue weighted by Crippen LogP contribution is -2.19. The number of hydrogen-bond donors (Lipinski definition) is 2. The van der Waals surface area contributed by atoms with E-state index in [1.54, 1.807) is 24.3 Å². The third-order valence-electron chi connectivity index (χ3n) is 3.50. The Labute approximate surface area is 158 Å². The molecule has 26 heavy (non-hydrogen) atoms. The molecule has 0 saturated heterocycles. The van der Waals surface area contributed by atoms with E-state index in [2.05, 4.69) is 15.5 Å². The van der Waals surface area contributed by atoms with Gasteiger partial charge in [0.15, 0.2) is 4.34 Å². The Kier molecular flexibility index (Phi) is 5.65. The minimum atomic E-state index is -0.507. The van der Waals surface area contributed by atoms with Gasteiger partial charge < -0.3 is 11.1 Å². The first-order valence-electron chi connectivity index (χ1n) is 7.75. The Hall–Kier alpha value is -2.71. The molecule has 0 aliphatic heterocycles. The normalized spacial score (nSPS) is 11.7. The Morgan fingerprint density at radius 2 is 1.77 bits per heavy atom. The second-order valence-corrected chi connectivity index (χ2v) is 7.96. The molecule has 2 amide bonds. The molecule has 1 unspecified atom stereocenters. The second kappa shape index (κ2) is 8.11. The van der Waals surface area contributed by atoms with Crippen molar-refractivity contribution in [1.29, 1.82) is 0 Å². The summed E-state index contributed by atoms with van der Waals surface area (Å²) in [7, 11) is 0. The number of hydrogen-bond acceptors (Lipinski definition) is 6. The van der Waals surface area contributed by atoms with Gasteiger partial charge in [-0.15, -0.1) is 10.2 Å². The van der Waals surface area contributed by atoms with Crippen molar-refractivity contribution in [3.05, 3.63) is 70.7 Å². The van der Waals surface area contributed by atoms with E-state index in [1.165, 1.54) is 23.1 Å². The number of nitrogens with two attached hydrogens (primary N) is 1. The van der Waals surface area contributed by atoms with E-state index >= 15 is 0 Å². The number of thioether (sulfide) groups is 1. The van der Waals surface area contributed by atoms with Crippen molar-refractivity contribution < 1.29 is 9.59 Å². The Bertz CT molecular complexity index is 910. The van der Waals surface area contributed by atoms with Crippen LogP contribution in [-0.4, -0.2) is 22.0 Å². The zero-order valence-corrected chi connectivity index (χ0v) is 15.5. The van der Waals surface area contributed by atoms with Crippen molar-refractivity contribution in [2.45, 2.75) is 16.5 Å². The van der Waals surface area contributed by atoms with Gasteiger partial charge in [-0.05, 0) is 36.8 Å². The van der Waals surface area contributed by atoms with Gasteiger partial charge in [0.1, 0.15) is 10.3 Å². The molecule has 1 atom stereocenters. The standard InChI is InChI=1S/C18H16N4O2S2/c1-11-21-22-18(25-11)26-15(12-5-3-2-4-6-12)17(24)20-14-9-7-13(8-10-14)16(19)23/h2-10,15H,1H3,(H2,19,23)(H,20,24). The molecule has 0 bridgehead atoms. The maximum atomic E-state index is 12.9. The lowest BCUT2D eigenvalue weighted by Gasteiger charge is -2.15. The molecule has 0 aliphatic carbocycles. The number of aromatic nitrogens is 2. The highest BCUT2D eigenvalue weighted by atomic mass is 32.2. The van der Waals surface area contributed by atoms with Gasteiger partial charge in [0, 0.05) is 11.3 Å². The van der Waals surface area contributed by atoms with Gasteiger partial charge in [0.2, 0.25) is 11.8 Å². The van der Waals surface area contributed by atoms with Gasteiger partial charge >= 0.3 is 0 Å². The van der Waals surface area contributed by atoms with E-state index in [4.69, 9.17) is 5.73 Å². The first-order valence-corrected chi connectivity index (χ1v) is 9.45. The average molecular weight is 384 g/mol. The first-order chi connectivity index (χ1) is 12.5. The molecule has 0 saturated carbocycles. The Morgan fingerprint density at radius 3 is 2.35 bits per heavy atom. The average Bonchev–Trinajstić information content (AvgIpc) is 3.06. The van der Waals surface area contributed by atoms with E-state index in [9.17, 15) is 9.59 Å². The number of primary amides is 1. The van der Waals surface area contributed by atoms with Gasteiger partial charge in [-0.1, -0.05) is 53.4 Å². The van der Waals surface area contributed by atoms with Gasteiger partial charge in [0.25, 0.3) is 0 Å². The molecule has 8 heteroatoms. The summed E-state index contributed by atoms with van der Waals surface area (Å²) in [6, 6.07) is 16.0. The molecule has 0 aliphatic rings. The third kappa shape index (κ3) is 4.47. The molecule has 0 spiro atoms. The number of carbonyl (C=O) groups excluding carboxylic acids is 2. The van der Waals surface area contributed by atoms with Gasteiger partial charge in [-0.2, -0.15) is 0 Å². The fourth-order valence-electron chi connectivity index (χ4n) is 2.25. The monoisotopic (exact) mass is 384 g/mol. The third-order valence-corrected chi connectivity index (χ3v) is 5.68. The van der Waals surface area contributed by atoms with E-state index < -0.39 is 11.2 Å². The van der Waals surface area contributed by atoms with Crippen LogP contribution in [0.2, 0.25) is 0 Å². The summed E-state index contributed by atoms with van der Waals surface area (Å²) >= 11 is 2.81. The smallest absolute Gasteiger partial charge is 0.248 e. The van der Waals surface area contributed by atoms with Crippen LogP contribution in [0.1, 0.15) is 26.2 Å². The van der Waals surface area contributed by atoms with E-state index in [0.717, 1.165) is 14.9 Å². The summed E-state index contributed by atoms with van der Waals surface area (Å²) in [6.45, 7) is 1.87. The molecule has 0 radical (unpaired) electrons. The number of aryl methyl sites for hydroxylation is 1. The number of anilines is 1. The van der Waals surface area contributed by atoms with Gasteiger partial charge in [0.05, 0.1) is 0 Å². The van der Waals surface area contributed by atoms with Gasteiger partial charge in [-0.3, -0.25) is 9.59 Å². The van der Waals surface area contributed by atoms with Crippen LogP contribution < -0.4 is 11.1 Å². The summed E-state index contributed by atoms with van der Waals surface area (Å²) in [5, 5.41) is 11.4. The SMILES string of the molecule is Cc1nnc(SC(C(=O)Nc2ccc(C(N)=O)cc2)c2ccccc2)s1. The molecule has 1 heterocycles. The maximum absolute atomic E-state index is 12.9. The molecular formula is C18H16N4O2S2. The minimum absolute atomic E-state index is 0.180. The van der Waals surface area contributed by atoms with Crippen molar-refractivity contribution in [2.24, 2.45) is 5.73 Å². The highest BCUT2D eigenvalue weighted by Gasteiger charge is 2.24. The fraction of sp³-hybridized carbons (Fsp3) is 0.111. The lowest BCUT2D eigenvalue weighted by molar-refractivity contribution is -0.115. The lowest BCUT2D eigenvalue weighted by atomic mass is 10.1. The molecule has 1 aromatic heterocycles. The predicted octanol–water partition coefficient (Wildman–Crippen LogP) is 3.42. The number of carbonyl (C=O) groups is 2. The predicted molar refractivity (Wildman–Crippen MR) is 103 cm³/mol. The number of nitrogens with zero attached hydrogens (tertiary/aromatic N) is 2. The molecule has 2 aromatic carbocycles. The largest absolute Gasteiger partial charge is 0.366 e. The van der Waals surface area contributed by atoms with Crippen molar-refractivity contribution in [1.82, 2.24) is 10.2 Å². The van der Waals surface area contributed by atoms with Gasteiger partial charge in [-0.25, -0.2) is 0 Å². The van der Waals surface area contributed by atoms with Crippen molar-refractivity contribution >= 4 is 40.6 Å². The van der Waals surface area contributed by atoms with E-state index in [0.29, 0.717) is 11.3 Å². The van der Waals surface area contributed by atoms with Crippen molar-refractivity contribution in [3.63, 3.8) is 0 Å². The summed E-state index contributed by atoms with van der Waals surface area (Å²) < 4.78 is 0.732. The van der Waals surface area contributed by atoms with Crippen LogP contribution in [0.4, 0.5) is 5.69 Å². The second-order valence-electron chi connectivity index (χ2n) is 5.43. The highest BCUT2D eigenvalue weighted by Crippen LogP contribution is 2.37. The molecule has 6 nitrogen and oxygen atoms in total. The molecule has 0 fully saturated rings. The number of nitrogens with one attached hydrogen (secondary N) is 1. The Balaban J connectivity index is 1.81. The number of amides is 2. The quantitative estimate of drug-likeness (QED) is 0.635. The zero-order valence-electron chi connectivity index (χ0n) is 13.9. The molecule has 3 rings (SSSR count). The molecular weight excluding hydrogens is 368 g/mol. The number of benzene rings is 2. The molecule has 132 valence electrons. The van der Waals surface area contributed by atoms with E-state index in [1.807, 2.05) is 37.3 Å². The van der Waals surface area contributed by atoms with Crippen LogP contribution in [-0.2, 0) is 4.79 Å². The van der Waals surface area contributed by atoms with Crippen LogP contribution in [0.25, 0.3) is 0 Å². The maximum Gasteiger partial charge on any atom is 0.248 e. The minimum Gasteiger partial charge on any atom is -0.366 e. The summed E-state index contributed by atoms with van der Waals surface area (Å²) in [6.07, 6.45) is 0. The highest BCUT2D eigenvalue weighted by molar-refractivity contribution is 8.01. The van der Waals surface area contributed by atoms with Crippen LogP contribution in [0.15, 0.2) is 58.9 Å². The van der Waals surface area contributed by atoms with Crippen LogP contribution in [0.5, 0.6) is 0 Å². The topological polar surface area (TPSA) is 98.0 Å². The van der Waals surface area contributed by atoms with Crippen LogP contribution in [0.3, 0.4) is 0 Å². The molecule has 3 aromatic rings. The summed E-state index contributed by atoms with van der Waals surface area (Å²) in [5.41, 5.74) is 7.09. The zero-order chi connectivity index (χ0) is 18.5.